The lowest BCUT2D eigenvalue weighted by molar-refractivity contribution is 0.623. The highest BCUT2D eigenvalue weighted by Gasteiger charge is 2.46. The van der Waals surface area contributed by atoms with Gasteiger partial charge in [-0.3, -0.25) is 0 Å². The van der Waals surface area contributed by atoms with Crippen molar-refractivity contribution in [3.05, 3.63) is 216 Å². The van der Waals surface area contributed by atoms with E-state index in [-0.39, 0.29) is 0 Å². The Hall–Kier alpha value is -7.50. The second kappa shape index (κ2) is 12.8. The lowest BCUT2D eigenvalue weighted by Gasteiger charge is -2.33. The van der Waals surface area contributed by atoms with Gasteiger partial charge in [0.15, 0.2) is 23.1 Å². The van der Waals surface area contributed by atoms with Crippen molar-refractivity contribution in [2.45, 2.75) is 5.41 Å². The first-order valence-electron chi connectivity index (χ1n) is 18.8. The third kappa shape index (κ3) is 4.95. The van der Waals surface area contributed by atoms with Gasteiger partial charge in [-0.05, 0) is 63.0 Å². The second-order valence-corrected chi connectivity index (χ2v) is 14.2. The normalized spacial score (nSPS) is 12.8. The van der Waals surface area contributed by atoms with Crippen molar-refractivity contribution in [2.24, 2.45) is 0 Å². The molecule has 1 aliphatic carbocycles. The minimum Gasteiger partial charge on any atom is -0.435 e. The largest absolute Gasteiger partial charge is 0.435 e. The van der Waals surface area contributed by atoms with Crippen molar-refractivity contribution in [3.8, 4) is 56.7 Å². The molecule has 1 aliphatic rings. The Morgan fingerprint density at radius 2 is 0.946 bits per heavy atom. The van der Waals surface area contributed by atoms with Crippen LogP contribution in [0.3, 0.4) is 0 Å². The van der Waals surface area contributed by atoms with Gasteiger partial charge in [0.2, 0.25) is 5.89 Å². The van der Waals surface area contributed by atoms with Gasteiger partial charge in [-0.2, -0.15) is 0 Å². The van der Waals surface area contributed by atoms with E-state index >= 15 is 0 Å². The maximum Gasteiger partial charge on any atom is 0.227 e. The summed E-state index contributed by atoms with van der Waals surface area (Å²) in [4.78, 5) is 20.5. The molecule has 0 radical (unpaired) electrons. The molecule has 0 unspecified atom stereocenters. The molecule has 0 saturated heterocycles. The van der Waals surface area contributed by atoms with Crippen molar-refractivity contribution < 1.29 is 4.42 Å². The molecule has 0 amide bonds. The van der Waals surface area contributed by atoms with Gasteiger partial charge in [-0.1, -0.05) is 170 Å². The average Bonchev–Trinajstić information content (AvgIpc) is 3.85. The molecular weight excluding hydrogens is 685 g/mol. The molecule has 0 fully saturated rings. The highest BCUT2D eigenvalue weighted by molar-refractivity contribution is 6.10. The van der Waals surface area contributed by atoms with E-state index in [0.717, 1.165) is 44.1 Å². The van der Waals surface area contributed by atoms with Gasteiger partial charge < -0.3 is 4.42 Å². The number of hydrogen-bond acceptors (Lipinski definition) is 5. The van der Waals surface area contributed by atoms with Crippen molar-refractivity contribution in [1.82, 2.24) is 19.9 Å². The molecule has 2 aromatic heterocycles. The number of nitrogens with zero attached hydrogens (tertiary/aromatic N) is 4. The summed E-state index contributed by atoms with van der Waals surface area (Å²) in [5.41, 5.74) is 11.9. The molecule has 0 spiro atoms. The zero-order chi connectivity index (χ0) is 37.1. The topological polar surface area (TPSA) is 64.7 Å². The van der Waals surface area contributed by atoms with Crippen LogP contribution in [-0.2, 0) is 5.41 Å². The Balaban J connectivity index is 1.14. The molecular formula is C51H32N4O. The summed E-state index contributed by atoms with van der Waals surface area (Å²) in [6, 6.07) is 67.6. The smallest absolute Gasteiger partial charge is 0.227 e. The summed E-state index contributed by atoms with van der Waals surface area (Å²) in [5, 5.41) is 1.93. The van der Waals surface area contributed by atoms with Crippen molar-refractivity contribution in [3.63, 3.8) is 0 Å². The van der Waals surface area contributed by atoms with Crippen LogP contribution in [0, 0.1) is 0 Å². The van der Waals surface area contributed by atoms with Crippen molar-refractivity contribution in [1.29, 1.82) is 0 Å². The fraction of sp³-hybridized carbons (Fsp3) is 0.0196. The molecule has 8 aromatic carbocycles. The fourth-order valence-corrected chi connectivity index (χ4v) is 8.58. The maximum atomic E-state index is 6.55. The fourth-order valence-electron chi connectivity index (χ4n) is 8.58. The molecule has 10 aromatic rings. The van der Waals surface area contributed by atoms with Crippen LogP contribution in [0.1, 0.15) is 22.3 Å². The van der Waals surface area contributed by atoms with Crippen LogP contribution in [0.5, 0.6) is 0 Å². The monoisotopic (exact) mass is 716 g/mol. The van der Waals surface area contributed by atoms with Crippen LogP contribution in [0.2, 0.25) is 0 Å². The summed E-state index contributed by atoms with van der Waals surface area (Å²) >= 11 is 0. The Morgan fingerprint density at radius 3 is 1.66 bits per heavy atom. The van der Waals surface area contributed by atoms with E-state index in [1.54, 1.807) is 0 Å². The molecule has 56 heavy (non-hydrogen) atoms. The van der Waals surface area contributed by atoms with Crippen LogP contribution in [0.15, 0.2) is 199 Å². The number of oxazole rings is 1. The number of rotatable bonds is 6. The SMILES string of the molecule is c1ccc(-c2nc(-c3ccc4c(c3)-c3ccccc3C4(c3ccccc3)c3ccccc3)nc(-c3cccc4ccc5nc(-c6ccccc6)oc5c34)n2)cc1. The second-order valence-electron chi connectivity index (χ2n) is 14.2. The van der Waals surface area contributed by atoms with Gasteiger partial charge in [0.25, 0.3) is 0 Å². The van der Waals surface area contributed by atoms with Crippen LogP contribution in [0.25, 0.3) is 78.6 Å². The molecule has 0 atom stereocenters. The molecule has 0 aliphatic heterocycles. The van der Waals surface area contributed by atoms with E-state index in [1.807, 2.05) is 72.8 Å². The Bertz CT molecular complexity index is 3030. The summed E-state index contributed by atoms with van der Waals surface area (Å²) in [6.45, 7) is 0. The van der Waals surface area contributed by atoms with Crippen molar-refractivity contribution in [2.75, 3.05) is 0 Å². The molecule has 5 nitrogen and oxygen atoms in total. The Labute approximate surface area is 323 Å². The van der Waals surface area contributed by atoms with Gasteiger partial charge in [0.1, 0.15) is 5.52 Å². The minimum absolute atomic E-state index is 0.490. The zero-order valence-corrected chi connectivity index (χ0v) is 30.2. The van der Waals surface area contributed by atoms with E-state index in [4.69, 9.17) is 24.4 Å². The molecule has 2 heterocycles. The van der Waals surface area contributed by atoms with Gasteiger partial charge in [-0.15, -0.1) is 0 Å². The van der Waals surface area contributed by atoms with Crippen LogP contribution >= 0.6 is 0 Å². The molecule has 262 valence electrons. The number of hydrogen-bond donors (Lipinski definition) is 0. The standard InChI is InChI=1S/C51H32N4O/c1-5-16-34(17-6-1)47-53-48(55-49(54-47)40-26-15-20-33-29-31-44-46(45(33)40)56-50(52-44)35-18-7-2-8-19-35)36-28-30-43-41(32-36)39-25-13-14-27-42(39)51(43,37-21-9-3-10-22-37)38-23-11-4-12-24-38/h1-32H. The van der Waals surface area contributed by atoms with Gasteiger partial charge in [0, 0.05) is 27.6 Å². The minimum atomic E-state index is -0.490. The average molecular weight is 717 g/mol. The summed E-state index contributed by atoms with van der Waals surface area (Å²) in [5.74, 6) is 2.33. The maximum absolute atomic E-state index is 6.55. The van der Waals surface area contributed by atoms with E-state index in [0.29, 0.717) is 28.9 Å². The lowest BCUT2D eigenvalue weighted by atomic mass is 9.67. The highest BCUT2D eigenvalue weighted by Crippen LogP contribution is 2.56. The predicted molar refractivity (Wildman–Crippen MR) is 224 cm³/mol. The van der Waals surface area contributed by atoms with Crippen LogP contribution < -0.4 is 0 Å². The number of benzene rings is 8. The Morgan fingerprint density at radius 1 is 0.375 bits per heavy atom. The zero-order valence-electron chi connectivity index (χ0n) is 30.2. The highest BCUT2D eigenvalue weighted by atomic mass is 16.3. The molecule has 0 N–H and O–H groups in total. The quantitative estimate of drug-likeness (QED) is 0.171. The molecule has 0 saturated carbocycles. The summed E-state index contributed by atoms with van der Waals surface area (Å²) in [6.07, 6.45) is 0. The predicted octanol–water partition coefficient (Wildman–Crippen LogP) is 12.2. The van der Waals surface area contributed by atoms with Gasteiger partial charge in [-0.25, -0.2) is 19.9 Å². The molecule has 0 bridgehead atoms. The first-order valence-corrected chi connectivity index (χ1v) is 18.8. The third-order valence-electron chi connectivity index (χ3n) is 11.0. The first kappa shape index (κ1) is 32.0. The van der Waals surface area contributed by atoms with E-state index in [1.165, 1.54) is 27.8 Å². The number of aromatic nitrogens is 4. The Kier molecular flexibility index (Phi) is 7.32. The third-order valence-corrected chi connectivity index (χ3v) is 11.0. The summed E-state index contributed by atoms with van der Waals surface area (Å²) in [7, 11) is 0. The van der Waals surface area contributed by atoms with Crippen molar-refractivity contribution >= 4 is 21.9 Å². The summed E-state index contributed by atoms with van der Waals surface area (Å²) < 4.78 is 6.55. The molecule has 11 rings (SSSR count). The van der Waals surface area contributed by atoms with Crippen LogP contribution in [-0.4, -0.2) is 19.9 Å². The van der Waals surface area contributed by atoms with E-state index < -0.39 is 5.41 Å². The van der Waals surface area contributed by atoms with Gasteiger partial charge in [0.05, 0.1) is 5.41 Å². The van der Waals surface area contributed by atoms with Gasteiger partial charge >= 0.3 is 0 Å². The van der Waals surface area contributed by atoms with E-state index in [2.05, 4.69) is 121 Å². The first-order chi connectivity index (χ1) is 27.8. The van der Waals surface area contributed by atoms with E-state index in [9.17, 15) is 0 Å². The molecule has 5 heteroatoms. The van der Waals surface area contributed by atoms with Crippen LogP contribution in [0.4, 0.5) is 0 Å². The number of fused-ring (bicyclic) bond motifs is 6. The lowest BCUT2D eigenvalue weighted by Crippen LogP contribution is -2.28.